The summed E-state index contributed by atoms with van der Waals surface area (Å²) in [7, 11) is 0. The van der Waals surface area contributed by atoms with Crippen LogP contribution in [0.15, 0.2) is 23.5 Å². The quantitative estimate of drug-likeness (QED) is 0.697. The lowest BCUT2D eigenvalue weighted by atomic mass is 10.3. The van der Waals surface area contributed by atoms with Crippen molar-refractivity contribution in [3.63, 3.8) is 0 Å². The summed E-state index contributed by atoms with van der Waals surface area (Å²) in [5, 5.41) is 8.83. The first kappa shape index (κ1) is 14.4. The zero-order chi connectivity index (χ0) is 14.9. The van der Waals surface area contributed by atoms with Crippen molar-refractivity contribution in [2.75, 3.05) is 5.75 Å². The van der Waals surface area contributed by atoms with Crippen LogP contribution < -0.4 is 0 Å². The Morgan fingerprint density at radius 2 is 2.05 bits per heavy atom. The van der Waals surface area contributed by atoms with Crippen molar-refractivity contribution < 1.29 is 23.1 Å². The predicted molar refractivity (Wildman–Crippen MR) is 66.5 cm³/mol. The SMILES string of the molecule is Cc1cn(-c2ccc(F)c(F)c2F)c(SCC(=O)O)n1. The number of rotatable bonds is 4. The molecule has 4 nitrogen and oxygen atoms in total. The van der Waals surface area contributed by atoms with Crippen LogP contribution in [0.3, 0.4) is 0 Å². The summed E-state index contributed by atoms with van der Waals surface area (Å²) in [6.07, 6.45) is 1.42. The summed E-state index contributed by atoms with van der Waals surface area (Å²) >= 11 is 0.859. The molecule has 0 aliphatic heterocycles. The highest BCUT2D eigenvalue weighted by molar-refractivity contribution is 7.99. The first-order chi connectivity index (χ1) is 9.40. The van der Waals surface area contributed by atoms with Crippen LogP contribution in [0.5, 0.6) is 0 Å². The summed E-state index contributed by atoms with van der Waals surface area (Å²) < 4.78 is 41.1. The summed E-state index contributed by atoms with van der Waals surface area (Å²) in [5.41, 5.74) is 0.277. The van der Waals surface area contributed by atoms with Crippen molar-refractivity contribution in [1.29, 1.82) is 0 Å². The number of nitrogens with zero attached hydrogens (tertiary/aromatic N) is 2. The normalized spacial score (nSPS) is 10.8. The minimum atomic E-state index is -1.58. The van der Waals surface area contributed by atoms with E-state index in [4.69, 9.17) is 5.11 Å². The van der Waals surface area contributed by atoms with Gasteiger partial charge in [-0.1, -0.05) is 11.8 Å². The van der Waals surface area contributed by atoms with Gasteiger partial charge in [0.05, 0.1) is 17.1 Å². The Balaban J connectivity index is 2.47. The van der Waals surface area contributed by atoms with Crippen molar-refractivity contribution in [2.45, 2.75) is 12.1 Å². The van der Waals surface area contributed by atoms with Gasteiger partial charge in [-0.3, -0.25) is 9.36 Å². The number of carboxylic acids is 1. The molecule has 20 heavy (non-hydrogen) atoms. The smallest absolute Gasteiger partial charge is 0.313 e. The molecule has 8 heteroatoms. The van der Waals surface area contributed by atoms with Gasteiger partial charge >= 0.3 is 5.97 Å². The fourth-order valence-electron chi connectivity index (χ4n) is 1.58. The first-order valence-corrected chi connectivity index (χ1v) is 6.43. The highest BCUT2D eigenvalue weighted by Gasteiger charge is 2.18. The van der Waals surface area contributed by atoms with Gasteiger partial charge in [-0.25, -0.2) is 18.2 Å². The molecule has 1 aromatic heterocycles. The van der Waals surface area contributed by atoms with Gasteiger partial charge < -0.3 is 5.11 Å². The topological polar surface area (TPSA) is 55.1 Å². The number of benzene rings is 1. The molecule has 0 aliphatic carbocycles. The average molecular weight is 302 g/mol. The zero-order valence-corrected chi connectivity index (χ0v) is 11.0. The molecular weight excluding hydrogens is 293 g/mol. The van der Waals surface area contributed by atoms with E-state index in [-0.39, 0.29) is 16.6 Å². The largest absolute Gasteiger partial charge is 0.481 e. The molecule has 2 aromatic rings. The van der Waals surface area contributed by atoms with E-state index in [0.717, 1.165) is 23.9 Å². The van der Waals surface area contributed by atoms with Gasteiger partial charge in [-0.05, 0) is 19.1 Å². The van der Waals surface area contributed by atoms with Crippen molar-refractivity contribution in [2.24, 2.45) is 0 Å². The molecule has 0 saturated carbocycles. The first-order valence-electron chi connectivity index (χ1n) is 5.44. The maximum Gasteiger partial charge on any atom is 0.313 e. The summed E-state index contributed by atoms with van der Waals surface area (Å²) in [6, 6.07) is 1.87. The molecular formula is C12H9F3N2O2S. The maximum atomic E-state index is 13.7. The second-order valence-corrected chi connectivity index (χ2v) is 4.85. The number of aliphatic carboxylic acids is 1. The molecule has 1 heterocycles. The second-order valence-electron chi connectivity index (χ2n) is 3.91. The van der Waals surface area contributed by atoms with E-state index in [9.17, 15) is 18.0 Å². The number of hydrogen-bond donors (Lipinski definition) is 1. The van der Waals surface area contributed by atoms with Crippen molar-refractivity contribution >= 4 is 17.7 Å². The van der Waals surface area contributed by atoms with Gasteiger partial charge in [0.15, 0.2) is 22.6 Å². The monoisotopic (exact) mass is 302 g/mol. The van der Waals surface area contributed by atoms with Crippen molar-refractivity contribution in [1.82, 2.24) is 9.55 Å². The molecule has 0 fully saturated rings. The minimum Gasteiger partial charge on any atom is -0.481 e. The van der Waals surface area contributed by atoms with Crippen LogP contribution in [0, 0.1) is 24.4 Å². The van der Waals surface area contributed by atoms with Gasteiger partial charge in [-0.2, -0.15) is 0 Å². The standard InChI is InChI=1S/C12H9F3N2O2S/c1-6-4-17(12(16-6)20-5-9(18)19)8-3-2-7(13)10(14)11(8)15/h2-4H,5H2,1H3,(H,18,19). The molecule has 0 aliphatic rings. The third-order valence-corrected chi connectivity index (χ3v) is 3.33. The van der Waals surface area contributed by atoms with Gasteiger partial charge in [0, 0.05) is 6.20 Å². The van der Waals surface area contributed by atoms with E-state index in [0.29, 0.717) is 5.69 Å². The third kappa shape index (κ3) is 2.79. The van der Waals surface area contributed by atoms with Gasteiger partial charge in [0.2, 0.25) is 0 Å². The van der Waals surface area contributed by atoms with E-state index < -0.39 is 23.4 Å². The Morgan fingerprint density at radius 3 is 2.70 bits per heavy atom. The van der Waals surface area contributed by atoms with E-state index in [1.54, 1.807) is 6.92 Å². The van der Waals surface area contributed by atoms with Crippen LogP contribution in [0.1, 0.15) is 5.69 Å². The molecule has 0 bridgehead atoms. The lowest BCUT2D eigenvalue weighted by Gasteiger charge is -2.08. The number of aryl methyl sites for hydroxylation is 1. The Kier molecular flexibility index (Phi) is 4.03. The van der Waals surface area contributed by atoms with E-state index in [1.807, 2.05) is 0 Å². The summed E-state index contributed by atoms with van der Waals surface area (Å²) in [4.78, 5) is 14.6. The number of aromatic nitrogens is 2. The predicted octanol–water partition coefficient (Wildman–Crippen LogP) is 2.77. The number of imidazole rings is 1. The van der Waals surface area contributed by atoms with Crippen molar-refractivity contribution in [3.8, 4) is 5.69 Å². The Morgan fingerprint density at radius 1 is 1.35 bits per heavy atom. The highest BCUT2D eigenvalue weighted by Crippen LogP contribution is 2.25. The van der Waals surface area contributed by atoms with E-state index >= 15 is 0 Å². The Hall–Kier alpha value is -1.96. The van der Waals surface area contributed by atoms with Crippen LogP contribution in [0.4, 0.5) is 13.2 Å². The van der Waals surface area contributed by atoms with Crippen LogP contribution in [0.2, 0.25) is 0 Å². The Labute approximate surface area is 116 Å². The Bertz CT molecular complexity index is 673. The number of halogens is 3. The second kappa shape index (κ2) is 5.58. The van der Waals surface area contributed by atoms with Crippen LogP contribution in [0.25, 0.3) is 5.69 Å². The molecule has 1 N–H and O–H groups in total. The third-order valence-electron chi connectivity index (χ3n) is 2.39. The maximum absolute atomic E-state index is 13.7. The van der Waals surface area contributed by atoms with Gasteiger partial charge in [0.1, 0.15) is 0 Å². The van der Waals surface area contributed by atoms with Gasteiger partial charge in [-0.15, -0.1) is 0 Å². The fraction of sp³-hybridized carbons (Fsp3) is 0.167. The molecule has 1 aromatic carbocycles. The molecule has 106 valence electrons. The molecule has 0 unspecified atom stereocenters. The lowest BCUT2D eigenvalue weighted by molar-refractivity contribution is -0.133. The molecule has 0 amide bonds. The fourth-order valence-corrected chi connectivity index (χ4v) is 2.33. The number of hydrogen-bond acceptors (Lipinski definition) is 3. The van der Waals surface area contributed by atoms with Crippen molar-refractivity contribution in [3.05, 3.63) is 41.5 Å². The highest BCUT2D eigenvalue weighted by atomic mass is 32.2. The van der Waals surface area contributed by atoms with E-state index in [1.165, 1.54) is 10.8 Å². The molecule has 0 spiro atoms. The van der Waals surface area contributed by atoms with Gasteiger partial charge in [0.25, 0.3) is 0 Å². The minimum absolute atomic E-state index is 0.190. The molecule has 0 atom stereocenters. The van der Waals surface area contributed by atoms with Crippen LogP contribution in [-0.2, 0) is 4.79 Å². The number of carboxylic acid groups (broad SMARTS) is 1. The lowest BCUT2D eigenvalue weighted by Crippen LogP contribution is -2.04. The van der Waals surface area contributed by atoms with Crippen LogP contribution in [-0.4, -0.2) is 26.4 Å². The number of carbonyl (C=O) groups is 1. The van der Waals surface area contributed by atoms with E-state index in [2.05, 4.69) is 4.98 Å². The summed E-state index contributed by atoms with van der Waals surface area (Å²) in [5.74, 6) is -5.56. The summed E-state index contributed by atoms with van der Waals surface area (Å²) in [6.45, 7) is 1.62. The zero-order valence-electron chi connectivity index (χ0n) is 10.2. The number of thioether (sulfide) groups is 1. The van der Waals surface area contributed by atoms with Crippen LogP contribution >= 0.6 is 11.8 Å². The molecule has 0 radical (unpaired) electrons. The molecule has 0 saturated heterocycles. The molecule has 2 rings (SSSR count). The average Bonchev–Trinajstić information content (AvgIpc) is 2.75.